The molecule has 1 aliphatic heterocycles. The van der Waals surface area contributed by atoms with Gasteiger partial charge in [-0.2, -0.15) is 9.64 Å². The van der Waals surface area contributed by atoms with E-state index in [9.17, 15) is 5.26 Å². The molecule has 7 heteroatoms. The van der Waals surface area contributed by atoms with E-state index in [1.807, 2.05) is 19.9 Å². The normalized spacial score (nSPS) is 14.9. The monoisotopic (exact) mass is 328 g/mol. The summed E-state index contributed by atoms with van der Waals surface area (Å²) in [4.78, 5) is 13.6. The fourth-order valence-electron chi connectivity index (χ4n) is 2.81. The number of nitrogens with zero attached hydrogens (tertiary/aromatic N) is 6. The molecule has 0 saturated carbocycles. The van der Waals surface area contributed by atoms with Gasteiger partial charge in [-0.15, -0.1) is 0 Å². The third-order valence-corrected chi connectivity index (χ3v) is 4.88. The minimum absolute atomic E-state index is 0.688. The van der Waals surface area contributed by atoms with Crippen LogP contribution in [0.5, 0.6) is 0 Å². The molecule has 120 valence electrons. The van der Waals surface area contributed by atoms with Crippen molar-refractivity contribution in [3.63, 3.8) is 0 Å². The molecule has 0 aliphatic carbocycles. The molecule has 23 heavy (non-hydrogen) atoms. The molecule has 0 spiro atoms. The zero-order valence-corrected chi connectivity index (χ0v) is 14.5. The Labute approximate surface area is 140 Å². The summed E-state index contributed by atoms with van der Waals surface area (Å²) in [5, 5.41) is 10.4. The van der Waals surface area contributed by atoms with Crippen LogP contribution < -0.4 is 9.80 Å². The summed E-state index contributed by atoms with van der Waals surface area (Å²) in [6.45, 7) is 9.44. The molecule has 0 bridgehead atoms. The highest BCUT2D eigenvalue weighted by Crippen LogP contribution is 2.25. The lowest BCUT2D eigenvalue weighted by Crippen LogP contribution is -2.47. The number of anilines is 2. The highest BCUT2D eigenvalue weighted by Gasteiger charge is 2.23. The van der Waals surface area contributed by atoms with Gasteiger partial charge in [-0.05, 0) is 25.5 Å². The van der Waals surface area contributed by atoms with E-state index in [0.29, 0.717) is 5.56 Å². The zero-order valence-electron chi connectivity index (χ0n) is 13.7. The number of nitriles is 1. The van der Waals surface area contributed by atoms with Gasteiger partial charge < -0.3 is 9.80 Å². The van der Waals surface area contributed by atoms with Crippen molar-refractivity contribution in [3.8, 4) is 6.07 Å². The number of pyridine rings is 1. The largest absolute Gasteiger partial charge is 0.352 e. The molecule has 0 amide bonds. The number of aromatic nitrogens is 3. The van der Waals surface area contributed by atoms with Crippen molar-refractivity contribution < 1.29 is 0 Å². The third-order valence-electron chi connectivity index (χ3n) is 4.06. The smallest absolute Gasteiger partial charge is 0.205 e. The molecule has 1 fully saturated rings. The fourth-order valence-corrected chi connectivity index (χ4v) is 3.61. The minimum atomic E-state index is 0.688. The molecule has 2 aromatic rings. The van der Waals surface area contributed by atoms with E-state index in [2.05, 4.69) is 37.1 Å². The Balaban J connectivity index is 1.76. The number of aryl methyl sites for hydroxylation is 3. The van der Waals surface area contributed by atoms with Crippen molar-refractivity contribution >= 4 is 22.5 Å². The minimum Gasteiger partial charge on any atom is -0.352 e. The van der Waals surface area contributed by atoms with Gasteiger partial charge in [0.05, 0.1) is 5.56 Å². The first-order valence-corrected chi connectivity index (χ1v) is 8.60. The summed E-state index contributed by atoms with van der Waals surface area (Å²) in [7, 11) is 0. The number of piperazine rings is 1. The maximum Gasteiger partial charge on any atom is 0.205 e. The van der Waals surface area contributed by atoms with Gasteiger partial charge in [-0.3, -0.25) is 0 Å². The van der Waals surface area contributed by atoms with Crippen LogP contribution >= 0.6 is 11.5 Å². The highest BCUT2D eigenvalue weighted by molar-refractivity contribution is 7.09. The Hall–Kier alpha value is -2.20. The second kappa shape index (κ2) is 6.50. The van der Waals surface area contributed by atoms with Crippen LogP contribution in [0.15, 0.2) is 6.07 Å². The van der Waals surface area contributed by atoms with Crippen molar-refractivity contribution in [1.82, 2.24) is 14.3 Å². The van der Waals surface area contributed by atoms with E-state index in [-0.39, 0.29) is 0 Å². The van der Waals surface area contributed by atoms with Crippen LogP contribution in [0.3, 0.4) is 0 Å². The summed E-state index contributed by atoms with van der Waals surface area (Å²) in [6.07, 6.45) is 0.870. The van der Waals surface area contributed by atoms with Gasteiger partial charge in [0, 0.05) is 49.8 Å². The van der Waals surface area contributed by atoms with Crippen LogP contribution in [0.2, 0.25) is 0 Å². The molecule has 3 rings (SSSR count). The van der Waals surface area contributed by atoms with Crippen molar-refractivity contribution in [1.29, 1.82) is 5.26 Å². The molecule has 1 aliphatic rings. The maximum absolute atomic E-state index is 9.44. The fraction of sp³-hybridized carbons (Fsp3) is 0.500. The predicted molar refractivity (Wildman–Crippen MR) is 92.1 cm³/mol. The van der Waals surface area contributed by atoms with Crippen LogP contribution in [-0.2, 0) is 6.42 Å². The Morgan fingerprint density at radius 2 is 1.87 bits per heavy atom. The van der Waals surface area contributed by atoms with Gasteiger partial charge in [0.25, 0.3) is 0 Å². The molecule has 0 N–H and O–H groups in total. The average molecular weight is 328 g/mol. The second-order valence-electron chi connectivity index (χ2n) is 5.71. The lowest BCUT2D eigenvalue weighted by molar-refractivity contribution is 0.644. The van der Waals surface area contributed by atoms with E-state index in [1.54, 1.807) is 0 Å². The van der Waals surface area contributed by atoms with Gasteiger partial charge in [-0.25, -0.2) is 9.97 Å². The quantitative estimate of drug-likeness (QED) is 0.861. The van der Waals surface area contributed by atoms with Crippen LogP contribution in [0.1, 0.15) is 29.6 Å². The second-order valence-corrected chi connectivity index (χ2v) is 6.44. The number of hydrogen-bond acceptors (Lipinski definition) is 7. The third kappa shape index (κ3) is 3.13. The van der Waals surface area contributed by atoms with E-state index < -0.39 is 0 Å². The Morgan fingerprint density at radius 3 is 2.48 bits per heavy atom. The van der Waals surface area contributed by atoms with Crippen molar-refractivity contribution in [3.05, 3.63) is 28.7 Å². The summed E-state index contributed by atoms with van der Waals surface area (Å²) in [6, 6.07) is 4.27. The van der Waals surface area contributed by atoms with Gasteiger partial charge in [-0.1, -0.05) is 6.92 Å². The predicted octanol–water partition coefficient (Wildman–Crippen LogP) is 2.31. The van der Waals surface area contributed by atoms with Crippen molar-refractivity contribution in [2.45, 2.75) is 27.2 Å². The SMILES string of the molecule is CCc1nsc(N2CCN(c3nc(C)cc(C)c3C#N)CC2)n1. The van der Waals surface area contributed by atoms with E-state index in [0.717, 1.165) is 60.6 Å². The van der Waals surface area contributed by atoms with Gasteiger partial charge in [0.15, 0.2) is 0 Å². The first-order valence-electron chi connectivity index (χ1n) is 7.83. The first-order chi connectivity index (χ1) is 11.1. The lowest BCUT2D eigenvalue weighted by atomic mass is 10.1. The summed E-state index contributed by atoms with van der Waals surface area (Å²) in [5.74, 6) is 1.73. The molecule has 1 saturated heterocycles. The van der Waals surface area contributed by atoms with Crippen LogP contribution in [0.25, 0.3) is 0 Å². The van der Waals surface area contributed by atoms with E-state index >= 15 is 0 Å². The number of rotatable bonds is 3. The first kappa shape index (κ1) is 15.7. The molecule has 0 aromatic carbocycles. The van der Waals surface area contributed by atoms with Crippen molar-refractivity contribution in [2.75, 3.05) is 36.0 Å². The maximum atomic E-state index is 9.44. The number of hydrogen-bond donors (Lipinski definition) is 0. The molecule has 6 nitrogen and oxygen atoms in total. The van der Waals surface area contributed by atoms with Crippen LogP contribution in [-0.4, -0.2) is 40.5 Å². The zero-order chi connectivity index (χ0) is 16.4. The summed E-state index contributed by atoms with van der Waals surface area (Å²) >= 11 is 1.47. The Bertz CT molecular complexity index is 740. The Kier molecular flexibility index (Phi) is 4.44. The van der Waals surface area contributed by atoms with Gasteiger partial charge in [0.1, 0.15) is 17.7 Å². The molecule has 2 aromatic heterocycles. The highest BCUT2D eigenvalue weighted by atomic mass is 32.1. The van der Waals surface area contributed by atoms with E-state index in [4.69, 9.17) is 0 Å². The van der Waals surface area contributed by atoms with Crippen LogP contribution in [0.4, 0.5) is 10.9 Å². The van der Waals surface area contributed by atoms with Gasteiger partial charge >= 0.3 is 0 Å². The topological polar surface area (TPSA) is 68.9 Å². The summed E-state index contributed by atoms with van der Waals surface area (Å²) in [5.41, 5.74) is 2.64. The summed E-state index contributed by atoms with van der Waals surface area (Å²) < 4.78 is 4.36. The van der Waals surface area contributed by atoms with Crippen LogP contribution in [0, 0.1) is 25.2 Å². The molecule has 0 unspecified atom stereocenters. The Morgan fingerprint density at radius 1 is 1.17 bits per heavy atom. The molecule has 3 heterocycles. The molecule has 0 atom stereocenters. The molecular weight excluding hydrogens is 308 g/mol. The van der Waals surface area contributed by atoms with E-state index in [1.165, 1.54) is 11.5 Å². The standard InChI is InChI=1S/C16H20N6S/c1-4-14-19-16(23-20-14)22-7-5-21(6-8-22)15-13(10-17)11(2)9-12(3)18-15/h9H,4-8H2,1-3H3. The lowest BCUT2D eigenvalue weighted by Gasteiger charge is -2.35. The van der Waals surface area contributed by atoms with Gasteiger partial charge in [0.2, 0.25) is 5.13 Å². The van der Waals surface area contributed by atoms with Crippen molar-refractivity contribution in [2.24, 2.45) is 0 Å². The molecular formula is C16H20N6S. The average Bonchev–Trinajstić information content (AvgIpc) is 3.03. The molecule has 0 radical (unpaired) electrons.